The normalized spacial score (nSPS) is 11.0. The number of hydrogen-bond donors (Lipinski definition) is 2. The summed E-state index contributed by atoms with van der Waals surface area (Å²) in [5.74, 6) is 0. The van der Waals surface area contributed by atoms with Crippen LogP contribution in [0.1, 0.15) is 33.3 Å². The maximum absolute atomic E-state index is 11.4. The molecule has 4 nitrogen and oxygen atoms in total. The van der Waals surface area contributed by atoms with E-state index in [4.69, 9.17) is 4.74 Å². The molecule has 0 bridgehead atoms. The summed E-state index contributed by atoms with van der Waals surface area (Å²) in [7, 11) is 0. The van der Waals surface area contributed by atoms with Gasteiger partial charge in [-0.3, -0.25) is 5.32 Å². The van der Waals surface area contributed by atoms with E-state index in [1.165, 1.54) is 5.56 Å². The van der Waals surface area contributed by atoms with Gasteiger partial charge in [-0.25, -0.2) is 4.79 Å². The molecule has 2 aromatic rings. The van der Waals surface area contributed by atoms with Crippen LogP contribution >= 0.6 is 0 Å². The lowest BCUT2D eigenvalue weighted by Gasteiger charge is -2.23. The van der Waals surface area contributed by atoms with Crippen LogP contribution in [0.15, 0.2) is 48.5 Å². The molecule has 1 amide bonds. The monoisotopic (exact) mass is 312 g/mol. The van der Waals surface area contributed by atoms with Gasteiger partial charge >= 0.3 is 6.09 Å². The SMILES string of the molecule is CCOC(=O)Nc1ccc(Nc2ccccc2C(C)(C)C)cc1. The minimum absolute atomic E-state index is 0.0645. The lowest BCUT2D eigenvalue weighted by molar-refractivity contribution is 0.168. The fraction of sp³-hybridized carbons (Fsp3) is 0.316. The molecule has 23 heavy (non-hydrogen) atoms. The summed E-state index contributed by atoms with van der Waals surface area (Å²) in [5, 5.41) is 6.12. The molecule has 0 saturated heterocycles. The second-order valence-electron chi connectivity index (χ2n) is 6.34. The Morgan fingerprint density at radius 1 is 1.00 bits per heavy atom. The minimum Gasteiger partial charge on any atom is -0.450 e. The molecule has 2 N–H and O–H groups in total. The Kier molecular flexibility index (Phi) is 5.27. The Hall–Kier alpha value is -2.49. The van der Waals surface area contributed by atoms with Gasteiger partial charge in [-0.05, 0) is 48.2 Å². The predicted octanol–water partition coefficient (Wildman–Crippen LogP) is 5.30. The predicted molar refractivity (Wildman–Crippen MR) is 95.5 cm³/mol. The Balaban J connectivity index is 2.12. The summed E-state index contributed by atoms with van der Waals surface area (Å²) in [6.45, 7) is 8.72. The second kappa shape index (κ2) is 7.18. The first kappa shape index (κ1) is 16.9. The van der Waals surface area contributed by atoms with Gasteiger partial charge in [0.05, 0.1) is 6.61 Å². The smallest absolute Gasteiger partial charge is 0.411 e. The number of benzene rings is 2. The van der Waals surface area contributed by atoms with Crippen LogP contribution in [0.25, 0.3) is 0 Å². The summed E-state index contributed by atoms with van der Waals surface area (Å²) < 4.78 is 4.86. The fourth-order valence-corrected chi connectivity index (χ4v) is 2.32. The zero-order valence-corrected chi connectivity index (χ0v) is 14.1. The molecule has 0 fully saturated rings. The van der Waals surface area contributed by atoms with E-state index in [1.807, 2.05) is 30.3 Å². The van der Waals surface area contributed by atoms with Crippen molar-refractivity contribution in [3.63, 3.8) is 0 Å². The number of ether oxygens (including phenoxy) is 1. The summed E-state index contributed by atoms with van der Waals surface area (Å²) >= 11 is 0. The maximum Gasteiger partial charge on any atom is 0.411 e. The third kappa shape index (κ3) is 4.74. The van der Waals surface area contributed by atoms with Gasteiger partial charge in [0, 0.05) is 17.1 Å². The molecule has 0 saturated carbocycles. The fourth-order valence-electron chi connectivity index (χ4n) is 2.32. The van der Waals surface area contributed by atoms with Gasteiger partial charge in [-0.1, -0.05) is 39.0 Å². The van der Waals surface area contributed by atoms with Crippen molar-refractivity contribution >= 4 is 23.2 Å². The number of anilines is 3. The maximum atomic E-state index is 11.4. The van der Waals surface area contributed by atoms with Gasteiger partial charge in [0.2, 0.25) is 0 Å². The van der Waals surface area contributed by atoms with Crippen LogP contribution in [0, 0.1) is 0 Å². The van der Waals surface area contributed by atoms with Crippen molar-refractivity contribution in [1.82, 2.24) is 0 Å². The molecule has 4 heteroatoms. The molecule has 0 atom stereocenters. The molecule has 0 aliphatic rings. The molecular weight excluding hydrogens is 288 g/mol. The standard InChI is InChI=1S/C19H24N2O2/c1-5-23-18(22)21-15-12-10-14(11-13-15)20-17-9-7-6-8-16(17)19(2,3)4/h6-13,20H,5H2,1-4H3,(H,21,22). The van der Waals surface area contributed by atoms with E-state index in [1.54, 1.807) is 6.92 Å². The van der Waals surface area contributed by atoms with Crippen molar-refractivity contribution < 1.29 is 9.53 Å². The van der Waals surface area contributed by atoms with Crippen molar-refractivity contribution in [2.45, 2.75) is 33.1 Å². The molecule has 2 rings (SSSR count). The van der Waals surface area contributed by atoms with Crippen LogP contribution < -0.4 is 10.6 Å². The van der Waals surface area contributed by atoms with E-state index >= 15 is 0 Å². The van der Waals surface area contributed by atoms with Gasteiger partial charge in [0.25, 0.3) is 0 Å². The van der Waals surface area contributed by atoms with E-state index < -0.39 is 6.09 Å². The number of rotatable bonds is 4. The van der Waals surface area contributed by atoms with Gasteiger partial charge in [-0.2, -0.15) is 0 Å². The number of hydrogen-bond acceptors (Lipinski definition) is 3. The lowest BCUT2D eigenvalue weighted by atomic mass is 9.86. The number of amides is 1. The number of carbonyl (C=O) groups excluding carboxylic acids is 1. The van der Waals surface area contributed by atoms with E-state index in [0.717, 1.165) is 11.4 Å². The average Bonchev–Trinajstić information content (AvgIpc) is 2.49. The van der Waals surface area contributed by atoms with Gasteiger partial charge < -0.3 is 10.1 Å². The van der Waals surface area contributed by atoms with E-state index in [0.29, 0.717) is 12.3 Å². The highest BCUT2D eigenvalue weighted by Gasteiger charge is 2.17. The topological polar surface area (TPSA) is 50.4 Å². The molecule has 122 valence electrons. The van der Waals surface area contributed by atoms with E-state index in [9.17, 15) is 4.79 Å². The largest absolute Gasteiger partial charge is 0.450 e. The summed E-state index contributed by atoms with van der Waals surface area (Å²) in [6, 6.07) is 15.8. The van der Waals surface area contributed by atoms with Crippen molar-refractivity contribution in [2.75, 3.05) is 17.2 Å². The molecule has 0 aromatic heterocycles. The van der Waals surface area contributed by atoms with Crippen molar-refractivity contribution in [2.24, 2.45) is 0 Å². The highest BCUT2D eigenvalue weighted by atomic mass is 16.5. The van der Waals surface area contributed by atoms with Crippen LogP contribution in [-0.2, 0) is 10.2 Å². The molecule has 0 unspecified atom stereocenters. The minimum atomic E-state index is -0.439. The van der Waals surface area contributed by atoms with Crippen LogP contribution in [-0.4, -0.2) is 12.7 Å². The zero-order valence-electron chi connectivity index (χ0n) is 14.1. The first-order chi connectivity index (χ1) is 10.9. The number of para-hydroxylation sites is 1. The van der Waals surface area contributed by atoms with Gasteiger partial charge in [0.15, 0.2) is 0 Å². The molecule has 2 aromatic carbocycles. The zero-order chi connectivity index (χ0) is 16.9. The lowest BCUT2D eigenvalue weighted by Crippen LogP contribution is -2.14. The molecule has 0 spiro atoms. The highest BCUT2D eigenvalue weighted by Crippen LogP contribution is 2.31. The van der Waals surface area contributed by atoms with E-state index in [2.05, 4.69) is 49.6 Å². The molecule has 0 aliphatic carbocycles. The third-order valence-corrected chi connectivity index (χ3v) is 3.42. The van der Waals surface area contributed by atoms with Crippen LogP contribution in [0.3, 0.4) is 0 Å². The number of nitrogens with one attached hydrogen (secondary N) is 2. The van der Waals surface area contributed by atoms with Gasteiger partial charge in [0.1, 0.15) is 0 Å². The molecule has 0 heterocycles. The Bertz CT molecular complexity index is 658. The highest BCUT2D eigenvalue weighted by molar-refractivity contribution is 5.85. The quantitative estimate of drug-likeness (QED) is 0.806. The molecule has 0 aliphatic heterocycles. The first-order valence-electron chi connectivity index (χ1n) is 7.80. The Morgan fingerprint density at radius 3 is 2.22 bits per heavy atom. The van der Waals surface area contributed by atoms with Crippen molar-refractivity contribution in [3.8, 4) is 0 Å². The van der Waals surface area contributed by atoms with Crippen LogP contribution in [0.5, 0.6) is 0 Å². The molecular formula is C19H24N2O2. The van der Waals surface area contributed by atoms with Crippen LogP contribution in [0.2, 0.25) is 0 Å². The van der Waals surface area contributed by atoms with Crippen molar-refractivity contribution in [3.05, 3.63) is 54.1 Å². The Morgan fingerprint density at radius 2 is 1.61 bits per heavy atom. The summed E-state index contributed by atoms with van der Waals surface area (Å²) in [4.78, 5) is 11.4. The second-order valence-corrected chi connectivity index (χ2v) is 6.34. The number of carbonyl (C=O) groups is 1. The first-order valence-corrected chi connectivity index (χ1v) is 7.80. The Labute approximate surface area is 137 Å². The van der Waals surface area contributed by atoms with Crippen LogP contribution in [0.4, 0.5) is 21.9 Å². The average molecular weight is 312 g/mol. The molecule has 0 radical (unpaired) electrons. The van der Waals surface area contributed by atoms with E-state index in [-0.39, 0.29) is 5.41 Å². The summed E-state index contributed by atoms with van der Waals surface area (Å²) in [6.07, 6.45) is -0.439. The van der Waals surface area contributed by atoms with Crippen molar-refractivity contribution in [1.29, 1.82) is 0 Å². The summed E-state index contributed by atoms with van der Waals surface area (Å²) in [5.41, 5.74) is 4.09. The van der Waals surface area contributed by atoms with Gasteiger partial charge in [-0.15, -0.1) is 0 Å². The third-order valence-electron chi connectivity index (χ3n) is 3.42.